The van der Waals surface area contributed by atoms with E-state index in [0.717, 1.165) is 5.56 Å². The topological polar surface area (TPSA) is 88.2 Å². The third kappa shape index (κ3) is 6.09. The van der Waals surface area contributed by atoms with Crippen molar-refractivity contribution in [1.82, 2.24) is 15.1 Å². The van der Waals surface area contributed by atoms with E-state index in [-0.39, 0.29) is 46.8 Å². The second-order valence-corrected chi connectivity index (χ2v) is 11.6. The number of likely N-dealkylation sites (tertiary alicyclic amines) is 2. The van der Waals surface area contributed by atoms with Gasteiger partial charge in [0.25, 0.3) is 5.91 Å². The normalized spacial score (nSPS) is 22.0. The molecule has 0 radical (unpaired) electrons. The first-order valence-electron chi connectivity index (χ1n) is 13.6. The third-order valence-electron chi connectivity index (χ3n) is 8.11. The zero-order valence-electron chi connectivity index (χ0n) is 22.5. The van der Waals surface area contributed by atoms with E-state index in [1.165, 1.54) is 25.1 Å². The minimum absolute atomic E-state index is 0.0127. The zero-order chi connectivity index (χ0) is 29.3. The fraction of sp³-hybridized carbons (Fsp3) is 0.483. The van der Waals surface area contributed by atoms with Gasteiger partial charge in [-0.25, -0.2) is 8.78 Å². The molecule has 2 fully saturated rings. The number of piperidine rings is 2. The molecule has 2 atom stereocenters. The lowest BCUT2D eigenvalue weighted by molar-refractivity contribution is -0.141. The van der Waals surface area contributed by atoms with Crippen molar-refractivity contribution in [2.75, 3.05) is 39.5 Å². The molecule has 3 heterocycles. The van der Waals surface area contributed by atoms with Gasteiger partial charge in [-0.2, -0.15) is 0 Å². The van der Waals surface area contributed by atoms with E-state index >= 15 is 0 Å². The fourth-order valence-electron chi connectivity index (χ4n) is 5.74. The lowest BCUT2D eigenvalue weighted by Gasteiger charge is -2.41. The van der Waals surface area contributed by atoms with Gasteiger partial charge in [-0.15, -0.1) is 0 Å². The van der Waals surface area contributed by atoms with Gasteiger partial charge >= 0.3 is 5.79 Å². The quantitative estimate of drug-likeness (QED) is 0.509. The van der Waals surface area contributed by atoms with Gasteiger partial charge in [0.15, 0.2) is 24.8 Å². The summed E-state index contributed by atoms with van der Waals surface area (Å²) in [5.74, 6) is -2.57. The van der Waals surface area contributed by atoms with Gasteiger partial charge < -0.3 is 24.6 Å². The number of hydrogen-bond acceptors (Lipinski definition) is 5. The highest BCUT2D eigenvalue weighted by molar-refractivity contribution is 6.42. The van der Waals surface area contributed by atoms with E-state index in [9.17, 15) is 23.2 Å². The predicted octanol–water partition coefficient (Wildman–Crippen LogP) is 4.77. The molecular weight excluding hydrogens is 579 g/mol. The van der Waals surface area contributed by atoms with Crippen molar-refractivity contribution < 1.29 is 32.6 Å². The number of alkyl halides is 2. The molecule has 0 aliphatic carbocycles. The van der Waals surface area contributed by atoms with E-state index in [1.807, 2.05) is 11.0 Å². The fourth-order valence-corrected chi connectivity index (χ4v) is 6.04. The third-order valence-corrected chi connectivity index (χ3v) is 8.85. The number of fused-ring (bicyclic) bond motifs is 1. The van der Waals surface area contributed by atoms with Crippen molar-refractivity contribution in [2.24, 2.45) is 5.92 Å². The van der Waals surface area contributed by atoms with E-state index < -0.39 is 25.0 Å². The molecule has 12 heteroatoms. The van der Waals surface area contributed by atoms with E-state index in [4.69, 9.17) is 32.7 Å². The number of hydrogen-bond donors (Lipinski definition) is 1. The van der Waals surface area contributed by atoms with Crippen molar-refractivity contribution in [3.8, 4) is 11.5 Å². The Hall–Kier alpha value is -3.11. The minimum Gasteiger partial charge on any atom is -0.443 e. The summed E-state index contributed by atoms with van der Waals surface area (Å²) in [5.41, 5.74) is 1.07. The highest BCUT2D eigenvalue weighted by atomic mass is 35.5. The molecular formula is C29H31Cl2F2N3O5. The number of ether oxygens (including phenoxy) is 2. The van der Waals surface area contributed by atoms with Crippen LogP contribution in [0.5, 0.6) is 11.5 Å². The van der Waals surface area contributed by atoms with Gasteiger partial charge in [-0.05, 0) is 55.2 Å². The van der Waals surface area contributed by atoms with Crippen molar-refractivity contribution >= 4 is 40.9 Å². The Labute approximate surface area is 246 Å². The number of halogens is 4. The predicted molar refractivity (Wildman–Crippen MR) is 149 cm³/mol. The molecule has 0 bridgehead atoms. The van der Waals surface area contributed by atoms with Gasteiger partial charge in [-0.3, -0.25) is 14.4 Å². The lowest BCUT2D eigenvalue weighted by Crippen LogP contribution is -2.53. The van der Waals surface area contributed by atoms with Crippen LogP contribution in [0.2, 0.25) is 10.0 Å². The molecule has 2 unspecified atom stereocenters. The Morgan fingerprint density at radius 3 is 2.27 bits per heavy atom. The summed E-state index contributed by atoms with van der Waals surface area (Å²) in [4.78, 5) is 42.1. The van der Waals surface area contributed by atoms with Crippen LogP contribution in [0.3, 0.4) is 0 Å². The molecule has 2 aromatic rings. The maximum Gasteiger partial charge on any atom is 0.308 e. The molecule has 8 nitrogen and oxygen atoms in total. The Morgan fingerprint density at radius 2 is 1.61 bits per heavy atom. The summed E-state index contributed by atoms with van der Waals surface area (Å²) < 4.78 is 37.4. The lowest BCUT2D eigenvalue weighted by atomic mass is 9.84. The second kappa shape index (κ2) is 12.0. The Kier molecular flexibility index (Phi) is 8.61. The first-order valence-corrected chi connectivity index (χ1v) is 14.3. The average molecular weight is 610 g/mol. The molecule has 2 saturated heterocycles. The molecule has 5 rings (SSSR count). The van der Waals surface area contributed by atoms with E-state index in [1.54, 1.807) is 17.0 Å². The van der Waals surface area contributed by atoms with Crippen molar-refractivity contribution in [3.63, 3.8) is 0 Å². The van der Waals surface area contributed by atoms with Gasteiger partial charge in [0, 0.05) is 56.5 Å². The maximum atomic E-state index is 13.5. The SMILES string of the molecule is CC(=O)N1CCC(C(=O)N2CCC(NC(=O)c3ccc4c(c3)OC(CF)(CF)O4)C(c3ccc(Cl)c(Cl)c3)C2)CC1. The first kappa shape index (κ1) is 29.4. The summed E-state index contributed by atoms with van der Waals surface area (Å²) in [6, 6.07) is 9.29. The molecule has 41 heavy (non-hydrogen) atoms. The number of benzene rings is 2. The van der Waals surface area contributed by atoms with Gasteiger partial charge in [0.1, 0.15) is 0 Å². The van der Waals surface area contributed by atoms with Crippen molar-refractivity contribution in [1.29, 1.82) is 0 Å². The molecule has 3 amide bonds. The largest absolute Gasteiger partial charge is 0.443 e. The van der Waals surface area contributed by atoms with Crippen LogP contribution < -0.4 is 14.8 Å². The highest BCUT2D eigenvalue weighted by Crippen LogP contribution is 2.41. The van der Waals surface area contributed by atoms with Crippen LogP contribution >= 0.6 is 23.2 Å². The Bertz CT molecular complexity index is 1330. The molecule has 220 valence electrons. The van der Waals surface area contributed by atoms with Crippen LogP contribution in [0.1, 0.15) is 48.0 Å². The van der Waals surface area contributed by atoms with E-state index in [2.05, 4.69) is 5.32 Å². The smallest absolute Gasteiger partial charge is 0.308 e. The van der Waals surface area contributed by atoms with Crippen molar-refractivity contribution in [2.45, 2.75) is 43.9 Å². The maximum absolute atomic E-state index is 13.5. The number of nitrogens with one attached hydrogen (secondary N) is 1. The number of rotatable bonds is 6. The summed E-state index contributed by atoms with van der Waals surface area (Å²) >= 11 is 12.5. The molecule has 0 spiro atoms. The Morgan fingerprint density at radius 1 is 0.927 bits per heavy atom. The molecule has 3 aliphatic rings. The standard InChI is InChI=1S/C29H31Cl2F2N3O5/c1-17(37)35-9-6-18(7-10-35)28(39)36-11-8-24(21(14-36)19-2-4-22(30)23(31)12-19)34-27(38)20-3-5-25-26(13-20)41-29(15-32,16-33)40-25/h2-5,12-13,18,21,24H,6-11,14-16H2,1H3,(H,34,38). The van der Waals surface area contributed by atoms with E-state index in [0.29, 0.717) is 55.5 Å². The van der Waals surface area contributed by atoms with Crippen LogP contribution in [0.15, 0.2) is 36.4 Å². The summed E-state index contributed by atoms with van der Waals surface area (Å²) in [6.07, 6.45) is 1.72. The number of nitrogens with zero attached hydrogens (tertiary/aromatic N) is 2. The number of amides is 3. The van der Waals surface area contributed by atoms with Gasteiger partial charge in [-0.1, -0.05) is 29.3 Å². The molecule has 2 aromatic carbocycles. The van der Waals surface area contributed by atoms with Crippen LogP contribution in [-0.2, 0) is 9.59 Å². The number of carbonyl (C=O) groups excluding carboxylic acids is 3. The van der Waals surface area contributed by atoms with Gasteiger partial charge in [0.05, 0.1) is 10.0 Å². The molecule has 0 aromatic heterocycles. The second-order valence-electron chi connectivity index (χ2n) is 10.8. The van der Waals surface area contributed by atoms with Crippen LogP contribution in [-0.4, -0.2) is 78.9 Å². The van der Waals surface area contributed by atoms with Crippen LogP contribution in [0.4, 0.5) is 8.78 Å². The number of carbonyl (C=O) groups is 3. The molecule has 1 N–H and O–H groups in total. The monoisotopic (exact) mass is 609 g/mol. The average Bonchev–Trinajstić information content (AvgIpc) is 3.37. The van der Waals surface area contributed by atoms with Crippen LogP contribution in [0, 0.1) is 5.92 Å². The minimum atomic E-state index is -2.03. The summed E-state index contributed by atoms with van der Waals surface area (Å²) in [6.45, 7) is 1.10. The molecule has 0 saturated carbocycles. The summed E-state index contributed by atoms with van der Waals surface area (Å²) in [5, 5.41) is 3.84. The van der Waals surface area contributed by atoms with Crippen LogP contribution in [0.25, 0.3) is 0 Å². The zero-order valence-corrected chi connectivity index (χ0v) is 24.0. The highest BCUT2D eigenvalue weighted by Gasteiger charge is 2.43. The van der Waals surface area contributed by atoms with Gasteiger partial charge in [0.2, 0.25) is 11.8 Å². The summed E-state index contributed by atoms with van der Waals surface area (Å²) in [7, 11) is 0. The first-order chi connectivity index (χ1) is 19.6. The molecule has 3 aliphatic heterocycles. The Balaban J connectivity index is 1.32. The van der Waals surface area contributed by atoms with Crippen molar-refractivity contribution in [3.05, 3.63) is 57.6 Å².